The van der Waals surface area contributed by atoms with Crippen molar-refractivity contribution in [3.63, 3.8) is 0 Å². The number of fused-ring (bicyclic) bond motifs is 1. The lowest BCUT2D eigenvalue weighted by atomic mass is 10.1. The number of rotatable bonds is 7. The minimum Gasteiger partial charge on any atom is -0.480 e. The number of nitrogens with zero attached hydrogens (tertiary/aromatic N) is 1. The van der Waals surface area contributed by atoms with Gasteiger partial charge in [0.15, 0.2) is 0 Å². The van der Waals surface area contributed by atoms with Gasteiger partial charge < -0.3 is 15.0 Å². The zero-order chi connectivity index (χ0) is 21.3. The maximum atomic E-state index is 12.7. The van der Waals surface area contributed by atoms with E-state index in [0.717, 1.165) is 17.3 Å². The average Bonchev–Trinajstić information content (AvgIpc) is 3.32. The van der Waals surface area contributed by atoms with Crippen LogP contribution in [-0.2, 0) is 26.0 Å². The van der Waals surface area contributed by atoms with E-state index in [-0.39, 0.29) is 17.2 Å². The Morgan fingerprint density at radius 2 is 1.90 bits per heavy atom. The van der Waals surface area contributed by atoms with Gasteiger partial charge in [-0.05, 0) is 48.2 Å². The van der Waals surface area contributed by atoms with Crippen LogP contribution in [0.5, 0.6) is 0 Å². The Hall–Kier alpha value is -3.17. The molecule has 1 aromatic heterocycles. The van der Waals surface area contributed by atoms with E-state index in [4.69, 9.17) is 0 Å². The number of carbonyl (C=O) groups is 2. The lowest BCUT2D eigenvalue weighted by molar-refractivity contribution is -0.139. The fourth-order valence-corrected chi connectivity index (χ4v) is 4.81. The number of para-hydroxylation sites is 1. The van der Waals surface area contributed by atoms with E-state index in [9.17, 15) is 23.1 Å². The molecule has 2 aromatic carbocycles. The molecule has 3 aromatic rings. The van der Waals surface area contributed by atoms with Gasteiger partial charge in [-0.1, -0.05) is 18.2 Å². The molecule has 1 aliphatic heterocycles. The summed E-state index contributed by atoms with van der Waals surface area (Å²) in [4.78, 5) is 28.2. The summed E-state index contributed by atoms with van der Waals surface area (Å²) >= 11 is 0. The van der Waals surface area contributed by atoms with Crippen molar-refractivity contribution in [1.82, 2.24) is 9.71 Å². The van der Waals surface area contributed by atoms with Gasteiger partial charge in [0.1, 0.15) is 6.04 Å². The molecule has 1 saturated heterocycles. The Labute approximate surface area is 173 Å². The van der Waals surface area contributed by atoms with Gasteiger partial charge in [0, 0.05) is 36.3 Å². The van der Waals surface area contributed by atoms with Crippen LogP contribution in [0.25, 0.3) is 10.9 Å². The average molecular weight is 427 g/mol. The third kappa shape index (κ3) is 4.07. The first-order valence-corrected chi connectivity index (χ1v) is 11.0. The van der Waals surface area contributed by atoms with Crippen molar-refractivity contribution in [2.24, 2.45) is 0 Å². The predicted molar refractivity (Wildman–Crippen MR) is 112 cm³/mol. The highest BCUT2D eigenvalue weighted by molar-refractivity contribution is 7.89. The van der Waals surface area contributed by atoms with Gasteiger partial charge in [-0.3, -0.25) is 9.59 Å². The molecule has 4 rings (SSSR count). The standard InChI is InChI=1S/C21H21N3O5S/c25-20-6-3-11-24(20)16-7-9-17(10-8-16)30(28,29)23-19(21(26)27)13-15-12-14-4-1-2-5-18(14)22-15/h1-2,4-5,7-10,12,19,22-23H,3,6,11,13H2,(H,26,27). The first-order valence-electron chi connectivity index (χ1n) is 9.56. The smallest absolute Gasteiger partial charge is 0.322 e. The Bertz CT molecular complexity index is 1170. The number of amides is 1. The first kappa shape index (κ1) is 20.1. The van der Waals surface area contributed by atoms with E-state index < -0.39 is 22.0 Å². The van der Waals surface area contributed by atoms with Gasteiger partial charge in [-0.2, -0.15) is 4.72 Å². The van der Waals surface area contributed by atoms with Gasteiger partial charge in [-0.25, -0.2) is 8.42 Å². The van der Waals surface area contributed by atoms with E-state index in [0.29, 0.717) is 24.3 Å². The van der Waals surface area contributed by atoms with Crippen LogP contribution in [0.1, 0.15) is 18.5 Å². The topological polar surface area (TPSA) is 120 Å². The summed E-state index contributed by atoms with van der Waals surface area (Å²) in [6.45, 7) is 0.606. The highest BCUT2D eigenvalue weighted by Crippen LogP contribution is 2.23. The van der Waals surface area contributed by atoms with E-state index in [1.807, 2.05) is 24.3 Å². The Kier molecular flexibility index (Phi) is 5.31. The normalized spacial score (nSPS) is 15.6. The quantitative estimate of drug-likeness (QED) is 0.534. The van der Waals surface area contributed by atoms with Crippen molar-refractivity contribution < 1.29 is 23.1 Å². The molecule has 1 fully saturated rings. The van der Waals surface area contributed by atoms with Crippen molar-refractivity contribution in [2.45, 2.75) is 30.2 Å². The van der Waals surface area contributed by atoms with Crippen LogP contribution in [0, 0.1) is 0 Å². The van der Waals surface area contributed by atoms with Gasteiger partial charge in [0.25, 0.3) is 0 Å². The summed E-state index contributed by atoms with van der Waals surface area (Å²) in [5, 5.41) is 10.5. The molecule has 0 radical (unpaired) electrons. The Balaban J connectivity index is 1.52. The maximum Gasteiger partial charge on any atom is 0.322 e. The lowest BCUT2D eigenvalue weighted by Gasteiger charge is -2.17. The number of H-pyrrole nitrogens is 1. The first-order chi connectivity index (χ1) is 14.3. The molecule has 8 nitrogen and oxygen atoms in total. The van der Waals surface area contributed by atoms with Crippen LogP contribution in [0.4, 0.5) is 5.69 Å². The van der Waals surface area contributed by atoms with Gasteiger partial charge in [-0.15, -0.1) is 0 Å². The van der Waals surface area contributed by atoms with Crippen LogP contribution in [-0.4, -0.2) is 43.0 Å². The van der Waals surface area contributed by atoms with Gasteiger partial charge in [0.2, 0.25) is 15.9 Å². The van der Waals surface area contributed by atoms with Crippen molar-refractivity contribution in [3.8, 4) is 0 Å². The largest absolute Gasteiger partial charge is 0.480 e. The van der Waals surface area contributed by atoms with Crippen LogP contribution in [0.15, 0.2) is 59.5 Å². The highest BCUT2D eigenvalue weighted by atomic mass is 32.2. The second kappa shape index (κ2) is 7.92. The Morgan fingerprint density at radius 1 is 1.17 bits per heavy atom. The molecule has 2 heterocycles. The summed E-state index contributed by atoms with van der Waals surface area (Å²) in [6.07, 6.45) is 1.23. The van der Waals surface area contributed by atoms with Gasteiger partial charge in [0.05, 0.1) is 4.90 Å². The summed E-state index contributed by atoms with van der Waals surface area (Å²) < 4.78 is 27.8. The molecule has 156 valence electrons. The molecule has 3 N–H and O–H groups in total. The molecule has 9 heteroatoms. The van der Waals surface area contributed by atoms with Gasteiger partial charge >= 0.3 is 5.97 Å². The van der Waals surface area contributed by atoms with Crippen molar-refractivity contribution in [2.75, 3.05) is 11.4 Å². The SMILES string of the molecule is O=C(O)C(Cc1cc2ccccc2[nH]1)NS(=O)(=O)c1ccc(N2CCCC2=O)cc1. The number of nitrogens with one attached hydrogen (secondary N) is 2. The fourth-order valence-electron chi connectivity index (χ4n) is 3.62. The van der Waals surface area contributed by atoms with Crippen LogP contribution < -0.4 is 9.62 Å². The van der Waals surface area contributed by atoms with E-state index in [1.54, 1.807) is 23.1 Å². The molecular weight excluding hydrogens is 406 g/mol. The summed E-state index contributed by atoms with van der Waals surface area (Å²) in [5.74, 6) is -1.26. The van der Waals surface area contributed by atoms with E-state index in [2.05, 4.69) is 9.71 Å². The number of aliphatic carboxylic acids is 1. The molecule has 0 spiro atoms. The number of aromatic nitrogens is 1. The number of carboxylic acids is 1. The van der Waals surface area contributed by atoms with Crippen LogP contribution in [0.3, 0.4) is 0 Å². The number of carboxylic acid groups (broad SMARTS) is 1. The molecule has 0 bridgehead atoms. The molecule has 1 atom stereocenters. The number of sulfonamides is 1. The monoisotopic (exact) mass is 427 g/mol. The summed E-state index contributed by atoms with van der Waals surface area (Å²) in [7, 11) is -4.06. The predicted octanol–water partition coefficient (Wildman–Crippen LogP) is 2.27. The number of hydrogen-bond donors (Lipinski definition) is 3. The van der Waals surface area contributed by atoms with Crippen molar-refractivity contribution >= 4 is 38.5 Å². The third-order valence-electron chi connectivity index (χ3n) is 5.14. The van der Waals surface area contributed by atoms with E-state index >= 15 is 0 Å². The highest BCUT2D eigenvalue weighted by Gasteiger charge is 2.27. The van der Waals surface area contributed by atoms with Crippen LogP contribution >= 0.6 is 0 Å². The lowest BCUT2D eigenvalue weighted by Crippen LogP contribution is -2.42. The number of carbonyl (C=O) groups excluding carboxylic acids is 1. The number of aromatic amines is 1. The third-order valence-corrected chi connectivity index (χ3v) is 6.62. The molecule has 30 heavy (non-hydrogen) atoms. The van der Waals surface area contributed by atoms with Crippen molar-refractivity contribution in [1.29, 1.82) is 0 Å². The Morgan fingerprint density at radius 3 is 2.53 bits per heavy atom. The minimum absolute atomic E-state index is 0.00741. The fraction of sp³-hybridized carbons (Fsp3) is 0.238. The zero-order valence-corrected chi connectivity index (χ0v) is 16.9. The molecule has 0 aliphatic carbocycles. The molecular formula is C21H21N3O5S. The second-order valence-corrected chi connectivity index (χ2v) is 8.95. The number of anilines is 1. The zero-order valence-electron chi connectivity index (χ0n) is 16.0. The summed E-state index contributed by atoms with van der Waals surface area (Å²) in [5.41, 5.74) is 2.10. The van der Waals surface area contributed by atoms with E-state index in [1.165, 1.54) is 12.1 Å². The molecule has 0 saturated carbocycles. The second-order valence-electron chi connectivity index (χ2n) is 7.24. The minimum atomic E-state index is -4.06. The molecule has 1 aliphatic rings. The van der Waals surface area contributed by atoms with Crippen LogP contribution in [0.2, 0.25) is 0 Å². The number of hydrogen-bond acceptors (Lipinski definition) is 4. The maximum absolute atomic E-state index is 12.7. The molecule has 1 unspecified atom stereocenters. The molecule has 1 amide bonds. The van der Waals surface area contributed by atoms with Crippen molar-refractivity contribution in [3.05, 3.63) is 60.3 Å². The number of benzene rings is 2. The summed E-state index contributed by atoms with van der Waals surface area (Å²) in [6, 6.07) is 13.8.